The van der Waals surface area contributed by atoms with Gasteiger partial charge < -0.3 is 9.47 Å². The SMILES string of the molecule is COc1ccc2c(=O)n(CCN3CCc4ccccc4C3OC(=O)C(F)(F)F)c(C#N)c(-c3ccccc3)c2c1. The van der Waals surface area contributed by atoms with Crippen molar-refractivity contribution in [1.29, 1.82) is 5.26 Å². The molecular formula is C30H24F3N3O4. The number of halogens is 3. The maximum Gasteiger partial charge on any atom is 0.490 e. The van der Waals surface area contributed by atoms with E-state index in [2.05, 4.69) is 6.07 Å². The molecule has 0 radical (unpaired) electrons. The summed E-state index contributed by atoms with van der Waals surface area (Å²) in [6.07, 6.45) is -5.94. The Labute approximate surface area is 227 Å². The van der Waals surface area contributed by atoms with Crippen LogP contribution in [0, 0.1) is 11.3 Å². The molecule has 5 rings (SSSR count). The standard InChI is InChI=1S/C30H24F3N3O4/c1-39-21-11-12-23-24(17-21)26(20-8-3-2-4-9-20)25(18-34)36(27(23)37)16-15-35-14-13-19-7-5-6-10-22(19)28(35)40-29(38)30(31,32)33/h2-12,17,28H,13-16H2,1H3. The molecule has 0 N–H and O–H groups in total. The number of nitrogens with zero attached hydrogens (tertiary/aromatic N) is 3. The number of carbonyl (C=O) groups excluding carboxylic acids is 1. The van der Waals surface area contributed by atoms with Gasteiger partial charge in [0.05, 0.1) is 7.11 Å². The molecule has 40 heavy (non-hydrogen) atoms. The van der Waals surface area contributed by atoms with Crippen molar-refractivity contribution in [2.45, 2.75) is 25.4 Å². The van der Waals surface area contributed by atoms with Gasteiger partial charge in [0.2, 0.25) is 0 Å². The van der Waals surface area contributed by atoms with Gasteiger partial charge in [0.1, 0.15) is 17.5 Å². The number of methoxy groups -OCH3 is 1. The maximum atomic E-state index is 13.7. The summed E-state index contributed by atoms with van der Waals surface area (Å²) in [6, 6.07) is 23.1. The van der Waals surface area contributed by atoms with Crippen LogP contribution < -0.4 is 10.3 Å². The smallest absolute Gasteiger partial charge is 0.490 e. The second-order valence-electron chi connectivity index (χ2n) is 9.31. The number of esters is 1. The van der Waals surface area contributed by atoms with E-state index in [9.17, 15) is 28.0 Å². The number of hydrogen-bond donors (Lipinski definition) is 0. The van der Waals surface area contributed by atoms with E-state index in [0.29, 0.717) is 40.6 Å². The highest BCUT2D eigenvalue weighted by molar-refractivity contribution is 5.99. The molecule has 0 fully saturated rings. The molecule has 0 aliphatic carbocycles. The lowest BCUT2D eigenvalue weighted by Crippen LogP contribution is -2.42. The highest BCUT2D eigenvalue weighted by Gasteiger charge is 2.44. The summed E-state index contributed by atoms with van der Waals surface area (Å²) < 4.78 is 51.1. The number of aromatic nitrogens is 1. The summed E-state index contributed by atoms with van der Waals surface area (Å²) in [5, 5.41) is 11.2. The maximum absolute atomic E-state index is 13.7. The van der Waals surface area contributed by atoms with Gasteiger partial charge in [0, 0.05) is 41.5 Å². The molecule has 0 amide bonds. The predicted molar refractivity (Wildman–Crippen MR) is 142 cm³/mol. The van der Waals surface area contributed by atoms with Gasteiger partial charge in [-0.05, 0) is 35.7 Å². The number of benzene rings is 3. The summed E-state index contributed by atoms with van der Waals surface area (Å²) in [5.41, 5.74) is 2.18. The predicted octanol–water partition coefficient (Wildman–Crippen LogP) is 5.21. The first-order valence-corrected chi connectivity index (χ1v) is 12.5. The van der Waals surface area contributed by atoms with Gasteiger partial charge >= 0.3 is 12.1 Å². The van der Waals surface area contributed by atoms with Crippen LogP contribution in [-0.2, 0) is 22.5 Å². The Bertz CT molecular complexity index is 1680. The highest BCUT2D eigenvalue weighted by atomic mass is 19.4. The van der Waals surface area contributed by atoms with Crippen molar-refractivity contribution in [3.05, 3.63) is 100.0 Å². The number of hydrogen-bond acceptors (Lipinski definition) is 6. The average Bonchev–Trinajstić information content (AvgIpc) is 2.96. The van der Waals surface area contributed by atoms with Crippen molar-refractivity contribution in [2.75, 3.05) is 20.2 Å². The Morgan fingerprint density at radius 1 is 1.02 bits per heavy atom. The quantitative estimate of drug-likeness (QED) is 0.308. The third-order valence-corrected chi connectivity index (χ3v) is 7.03. The number of alkyl halides is 3. The van der Waals surface area contributed by atoms with E-state index in [4.69, 9.17) is 9.47 Å². The zero-order chi connectivity index (χ0) is 28.4. The van der Waals surface area contributed by atoms with Crippen molar-refractivity contribution < 1.29 is 27.4 Å². The summed E-state index contributed by atoms with van der Waals surface area (Å²) in [5.74, 6) is -1.77. The summed E-state index contributed by atoms with van der Waals surface area (Å²) in [6.45, 7) is 0.320. The Morgan fingerprint density at radius 2 is 1.75 bits per heavy atom. The van der Waals surface area contributed by atoms with Crippen LogP contribution in [0.5, 0.6) is 5.75 Å². The first-order chi connectivity index (χ1) is 19.2. The molecule has 0 bridgehead atoms. The van der Waals surface area contributed by atoms with Crippen molar-refractivity contribution >= 4 is 16.7 Å². The van der Waals surface area contributed by atoms with Gasteiger partial charge in [0.15, 0.2) is 6.23 Å². The topological polar surface area (TPSA) is 84.6 Å². The minimum Gasteiger partial charge on any atom is -0.497 e. The van der Waals surface area contributed by atoms with Gasteiger partial charge in [0.25, 0.3) is 5.56 Å². The van der Waals surface area contributed by atoms with Crippen LogP contribution in [0.2, 0.25) is 0 Å². The van der Waals surface area contributed by atoms with Crippen LogP contribution in [-0.4, -0.2) is 41.8 Å². The number of rotatable bonds is 6. The fraction of sp³-hybridized carbons (Fsp3) is 0.233. The van der Waals surface area contributed by atoms with Crippen LogP contribution >= 0.6 is 0 Å². The normalized spacial score (nSPS) is 15.3. The molecule has 1 aliphatic heterocycles. The van der Waals surface area contributed by atoms with E-state index in [1.54, 1.807) is 47.4 Å². The Morgan fingerprint density at radius 3 is 2.45 bits per heavy atom. The van der Waals surface area contributed by atoms with E-state index in [-0.39, 0.29) is 18.8 Å². The monoisotopic (exact) mass is 547 g/mol. The molecule has 10 heteroatoms. The Kier molecular flexibility index (Phi) is 7.32. The second kappa shape index (κ2) is 10.9. The molecular weight excluding hydrogens is 523 g/mol. The van der Waals surface area contributed by atoms with Crippen LogP contribution in [0.1, 0.15) is 23.0 Å². The molecule has 4 aromatic rings. The first kappa shape index (κ1) is 27.0. The van der Waals surface area contributed by atoms with E-state index in [1.165, 1.54) is 11.7 Å². The zero-order valence-electron chi connectivity index (χ0n) is 21.4. The molecule has 7 nitrogen and oxygen atoms in total. The zero-order valence-corrected chi connectivity index (χ0v) is 21.4. The molecule has 0 saturated carbocycles. The second-order valence-corrected chi connectivity index (χ2v) is 9.31. The summed E-state index contributed by atoms with van der Waals surface area (Å²) in [7, 11) is 1.51. The summed E-state index contributed by atoms with van der Waals surface area (Å²) >= 11 is 0. The first-order valence-electron chi connectivity index (χ1n) is 12.5. The van der Waals surface area contributed by atoms with Crippen LogP contribution in [0.15, 0.2) is 77.6 Å². The van der Waals surface area contributed by atoms with Gasteiger partial charge in [-0.3, -0.25) is 14.3 Å². The largest absolute Gasteiger partial charge is 0.497 e. The van der Waals surface area contributed by atoms with Crippen molar-refractivity contribution in [1.82, 2.24) is 9.47 Å². The molecule has 0 saturated heterocycles. The lowest BCUT2D eigenvalue weighted by atomic mass is 9.96. The lowest BCUT2D eigenvalue weighted by molar-refractivity contribution is -0.214. The number of fused-ring (bicyclic) bond motifs is 2. The third kappa shape index (κ3) is 5.03. The number of ether oxygens (including phenoxy) is 2. The summed E-state index contributed by atoms with van der Waals surface area (Å²) in [4.78, 5) is 27.1. The molecule has 1 unspecified atom stereocenters. The molecule has 1 aliphatic rings. The fourth-order valence-electron chi connectivity index (χ4n) is 5.12. The number of pyridine rings is 1. The Balaban J connectivity index is 1.58. The molecule has 204 valence electrons. The van der Waals surface area contributed by atoms with E-state index in [1.807, 2.05) is 30.3 Å². The lowest BCUT2D eigenvalue weighted by Gasteiger charge is -2.36. The molecule has 1 aromatic heterocycles. The fourth-order valence-corrected chi connectivity index (χ4v) is 5.12. The van der Waals surface area contributed by atoms with Gasteiger partial charge in [-0.2, -0.15) is 18.4 Å². The van der Waals surface area contributed by atoms with Crippen molar-refractivity contribution in [3.8, 4) is 22.9 Å². The number of carbonyl (C=O) groups is 1. The third-order valence-electron chi connectivity index (χ3n) is 7.03. The van der Waals surface area contributed by atoms with E-state index in [0.717, 1.165) is 11.1 Å². The van der Waals surface area contributed by atoms with Crippen LogP contribution in [0.25, 0.3) is 21.9 Å². The van der Waals surface area contributed by atoms with Crippen LogP contribution in [0.4, 0.5) is 13.2 Å². The number of nitriles is 1. The minimum absolute atomic E-state index is 0.0221. The minimum atomic E-state index is -5.16. The van der Waals surface area contributed by atoms with Gasteiger partial charge in [-0.1, -0.05) is 54.6 Å². The average molecular weight is 548 g/mol. The van der Waals surface area contributed by atoms with Crippen molar-refractivity contribution in [2.24, 2.45) is 0 Å². The van der Waals surface area contributed by atoms with E-state index < -0.39 is 23.9 Å². The molecule has 1 atom stereocenters. The van der Waals surface area contributed by atoms with Gasteiger partial charge in [-0.25, -0.2) is 4.79 Å². The van der Waals surface area contributed by atoms with E-state index >= 15 is 0 Å². The molecule has 3 aromatic carbocycles. The van der Waals surface area contributed by atoms with Crippen molar-refractivity contribution in [3.63, 3.8) is 0 Å². The molecule has 2 heterocycles. The van der Waals surface area contributed by atoms with Gasteiger partial charge in [-0.15, -0.1) is 0 Å². The Hall–Kier alpha value is -4.62. The highest BCUT2D eigenvalue weighted by Crippen LogP contribution is 2.35. The molecule has 0 spiro atoms. The van der Waals surface area contributed by atoms with Crippen LogP contribution in [0.3, 0.4) is 0 Å².